The zero-order valence-electron chi connectivity index (χ0n) is 14.6. The van der Waals surface area contributed by atoms with Gasteiger partial charge in [-0.1, -0.05) is 24.3 Å². The predicted octanol–water partition coefficient (Wildman–Crippen LogP) is 3.93. The van der Waals surface area contributed by atoms with Gasteiger partial charge in [-0.2, -0.15) is 0 Å². The number of nitrogens with zero attached hydrogens (tertiary/aromatic N) is 1. The lowest BCUT2D eigenvalue weighted by Crippen LogP contribution is -2.26. The molecule has 0 bridgehead atoms. The fraction of sp³-hybridized carbons (Fsp3) is 0.190. The molecular formula is C21H21FN2O2. The van der Waals surface area contributed by atoms with Crippen LogP contribution in [-0.4, -0.2) is 17.6 Å². The van der Waals surface area contributed by atoms with E-state index in [2.05, 4.69) is 5.32 Å². The Morgan fingerprint density at radius 3 is 2.54 bits per heavy atom. The summed E-state index contributed by atoms with van der Waals surface area (Å²) in [4.78, 5) is 12.5. The molecule has 0 unspecified atom stereocenters. The summed E-state index contributed by atoms with van der Waals surface area (Å²) >= 11 is 0. The summed E-state index contributed by atoms with van der Waals surface area (Å²) in [6.07, 6.45) is 4.08. The van der Waals surface area contributed by atoms with Gasteiger partial charge in [-0.3, -0.25) is 4.79 Å². The standard InChI is InChI=1S/C21H21FN2O2/c1-26-19-6-4-5-16(13-19)15-23-21(25)14-20(24-11-2-3-12-24)17-7-9-18(22)10-8-17/h2-13,20H,14-15H2,1H3,(H,23,25)/t20-/m0/s1. The largest absolute Gasteiger partial charge is 0.497 e. The Morgan fingerprint density at radius 1 is 1.12 bits per heavy atom. The molecule has 0 spiro atoms. The van der Waals surface area contributed by atoms with Crippen molar-refractivity contribution in [2.75, 3.05) is 7.11 Å². The van der Waals surface area contributed by atoms with E-state index in [1.807, 2.05) is 53.4 Å². The van der Waals surface area contributed by atoms with E-state index in [0.29, 0.717) is 6.54 Å². The zero-order valence-corrected chi connectivity index (χ0v) is 14.6. The Kier molecular flexibility index (Phi) is 5.69. The third kappa shape index (κ3) is 4.51. The second-order valence-electron chi connectivity index (χ2n) is 6.03. The molecule has 5 heteroatoms. The Morgan fingerprint density at radius 2 is 1.85 bits per heavy atom. The molecule has 0 aliphatic heterocycles. The predicted molar refractivity (Wildman–Crippen MR) is 98.4 cm³/mol. The van der Waals surface area contributed by atoms with E-state index in [-0.39, 0.29) is 24.2 Å². The maximum atomic E-state index is 13.2. The third-order valence-corrected chi connectivity index (χ3v) is 4.24. The maximum absolute atomic E-state index is 13.2. The number of amides is 1. The first-order valence-corrected chi connectivity index (χ1v) is 8.43. The number of carbonyl (C=O) groups is 1. The Balaban J connectivity index is 1.68. The van der Waals surface area contributed by atoms with Crippen LogP contribution in [0.5, 0.6) is 5.75 Å². The summed E-state index contributed by atoms with van der Waals surface area (Å²) in [5.41, 5.74) is 1.86. The lowest BCUT2D eigenvalue weighted by Gasteiger charge is -2.19. The molecule has 3 rings (SSSR count). The van der Waals surface area contributed by atoms with E-state index in [1.54, 1.807) is 19.2 Å². The first-order valence-electron chi connectivity index (χ1n) is 8.43. The molecule has 26 heavy (non-hydrogen) atoms. The van der Waals surface area contributed by atoms with E-state index < -0.39 is 0 Å². The van der Waals surface area contributed by atoms with Crippen LogP contribution in [-0.2, 0) is 11.3 Å². The molecule has 1 amide bonds. The van der Waals surface area contributed by atoms with Crippen molar-refractivity contribution in [3.8, 4) is 5.75 Å². The van der Waals surface area contributed by atoms with Crippen molar-refractivity contribution in [1.82, 2.24) is 9.88 Å². The van der Waals surface area contributed by atoms with E-state index in [9.17, 15) is 9.18 Å². The minimum Gasteiger partial charge on any atom is -0.497 e. The van der Waals surface area contributed by atoms with Gasteiger partial charge in [0, 0.05) is 18.9 Å². The molecule has 1 atom stereocenters. The number of hydrogen-bond acceptors (Lipinski definition) is 2. The van der Waals surface area contributed by atoms with Crippen molar-refractivity contribution in [1.29, 1.82) is 0 Å². The van der Waals surface area contributed by atoms with Gasteiger partial charge in [0.2, 0.25) is 5.91 Å². The van der Waals surface area contributed by atoms with Crippen molar-refractivity contribution in [3.63, 3.8) is 0 Å². The first-order chi connectivity index (χ1) is 12.7. The lowest BCUT2D eigenvalue weighted by molar-refractivity contribution is -0.121. The van der Waals surface area contributed by atoms with E-state index >= 15 is 0 Å². The van der Waals surface area contributed by atoms with Crippen LogP contribution in [0.15, 0.2) is 73.1 Å². The van der Waals surface area contributed by atoms with E-state index in [1.165, 1.54) is 12.1 Å². The Hall–Kier alpha value is -3.08. The molecule has 0 fully saturated rings. The molecule has 134 valence electrons. The van der Waals surface area contributed by atoms with Gasteiger partial charge >= 0.3 is 0 Å². The molecule has 2 aromatic carbocycles. The van der Waals surface area contributed by atoms with Crippen LogP contribution in [0.1, 0.15) is 23.6 Å². The number of ether oxygens (including phenoxy) is 1. The zero-order chi connectivity index (χ0) is 18.4. The Labute approximate surface area is 152 Å². The molecule has 3 aromatic rings. The molecule has 0 saturated carbocycles. The van der Waals surface area contributed by atoms with Gasteiger partial charge in [-0.05, 0) is 47.5 Å². The monoisotopic (exact) mass is 352 g/mol. The van der Waals surface area contributed by atoms with Gasteiger partial charge in [0.1, 0.15) is 11.6 Å². The second kappa shape index (κ2) is 8.34. The van der Waals surface area contributed by atoms with Crippen LogP contribution in [0.4, 0.5) is 4.39 Å². The number of hydrogen-bond donors (Lipinski definition) is 1. The molecule has 1 aromatic heterocycles. The van der Waals surface area contributed by atoms with Crippen LogP contribution in [0.25, 0.3) is 0 Å². The molecule has 0 aliphatic carbocycles. The molecule has 0 aliphatic rings. The third-order valence-electron chi connectivity index (χ3n) is 4.24. The quantitative estimate of drug-likeness (QED) is 0.700. The first kappa shape index (κ1) is 17.7. The summed E-state index contributed by atoms with van der Waals surface area (Å²) in [7, 11) is 1.61. The van der Waals surface area contributed by atoms with Crippen LogP contribution in [0.2, 0.25) is 0 Å². The van der Waals surface area contributed by atoms with Gasteiger partial charge in [0.05, 0.1) is 19.6 Å². The minimum absolute atomic E-state index is 0.0733. The highest BCUT2D eigenvalue weighted by atomic mass is 19.1. The number of nitrogens with one attached hydrogen (secondary N) is 1. The molecule has 0 saturated heterocycles. The van der Waals surface area contributed by atoms with Crippen LogP contribution in [0, 0.1) is 5.82 Å². The second-order valence-corrected chi connectivity index (χ2v) is 6.03. The fourth-order valence-electron chi connectivity index (χ4n) is 2.87. The minimum atomic E-state index is -0.289. The number of methoxy groups -OCH3 is 1. The van der Waals surface area contributed by atoms with Crippen molar-refractivity contribution in [2.45, 2.75) is 19.0 Å². The molecule has 4 nitrogen and oxygen atoms in total. The number of carbonyl (C=O) groups excluding carboxylic acids is 1. The number of benzene rings is 2. The molecular weight excluding hydrogens is 331 g/mol. The van der Waals surface area contributed by atoms with Gasteiger partial charge in [0.15, 0.2) is 0 Å². The van der Waals surface area contributed by atoms with Gasteiger partial charge in [-0.25, -0.2) is 4.39 Å². The smallest absolute Gasteiger partial charge is 0.222 e. The van der Waals surface area contributed by atoms with E-state index in [4.69, 9.17) is 4.74 Å². The highest BCUT2D eigenvalue weighted by Gasteiger charge is 2.17. The topological polar surface area (TPSA) is 43.3 Å². The van der Waals surface area contributed by atoms with Crippen LogP contribution < -0.4 is 10.1 Å². The van der Waals surface area contributed by atoms with Crippen molar-refractivity contribution < 1.29 is 13.9 Å². The highest BCUT2D eigenvalue weighted by Crippen LogP contribution is 2.23. The van der Waals surface area contributed by atoms with Crippen LogP contribution >= 0.6 is 0 Å². The molecule has 0 radical (unpaired) electrons. The SMILES string of the molecule is COc1cccc(CNC(=O)C[C@@H](c2ccc(F)cc2)n2cccc2)c1. The van der Waals surface area contributed by atoms with Crippen molar-refractivity contribution >= 4 is 5.91 Å². The van der Waals surface area contributed by atoms with Crippen molar-refractivity contribution in [2.24, 2.45) is 0 Å². The number of halogens is 1. The van der Waals surface area contributed by atoms with Crippen LogP contribution in [0.3, 0.4) is 0 Å². The van der Waals surface area contributed by atoms with Gasteiger partial charge in [-0.15, -0.1) is 0 Å². The number of rotatable bonds is 7. The Bertz CT molecular complexity index is 845. The summed E-state index contributed by atoms with van der Waals surface area (Å²) in [6, 6.07) is 17.5. The van der Waals surface area contributed by atoms with Gasteiger partial charge < -0.3 is 14.6 Å². The average Bonchev–Trinajstić information content (AvgIpc) is 3.20. The number of aromatic nitrogens is 1. The summed E-state index contributed by atoms with van der Waals surface area (Å²) in [6.45, 7) is 0.428. The average molecular weight is 352 g/mol. The van der Waals surface area contributed by atoms with Crippen molar-refractivity contribution in [3.05, 3.63) is 90.0 Å². The summed E-state index contributed by atoms with van der Waals surface area (Å²) in [5, 5.41) is 2.94. The fourth-order valence-corrected chi connectivity index (χ4v) is 2.87. The maximum Gasteiger partial charge on any atom is 0.222 e. The lowest BCUT2D eigenvalue weighted by atomic mass is 10.0. The van der Waals surface area contributed by atoms with E-state index in [0.717, 1.165) is 16.9 Å². The normalized spacial score (nSPS) is 11.8. The highest BCUT2D eigenvalue weighted by molar-refractivity contribution is 5.76. The molecule has 1 N–H and O–H groups in total. The summed E-state index contributed by atoms with van der Waals surface area (Å²) < 4.78 is 20.4. The summed E-state index contributed by atoms with van der Waals surface area (Å²) in [5.74, 6) is 0.395. The molecule has 1 heterocycles. The van der Waals surface area contributed by atoms with Gasteiger partial charge in [0.25, 0.3) is 0 Å².